The number of hydrogen-bond acceptors (Lipinski definition) is 16. The predicted octanol–water partition coefficient (Wildman–Crippen LogP) is 8.74. The summed E-state index contributed by atoms with van der Waals surface area (Å²) in [5, 5.41) is 46.4. The second-order valence-electron chi connectivity index (χ2n) is 22.8. The summed E-state index contributed by atoms with van der Waals surface area (Å²) in [7, 11) is 0. The van der Waals surface area contributed by atoms with Gasteiger partial charge in [0.1, 0.15) is 35.7 Å². The molecule has 2 aromatic heterocycles. The number of Topliss-reactive ketones (excluding diaryl/α,β-unsaturated/α-hetero) is 2. The number of epoxide rings is 2. The van der Waals surface area contributed by atoms with E-state index in [1.165, 1.54) is 0 Å². The molecular weight excluding hydrogens is 929 g/mol. The maximum atomic E-state index is 13.2. The Balaban J connectivity index is 0.000000264. The SMILES string of the molecule is C/C(=C\c1coc(C)n1)[C@@H]1C[C@@H]2O[C@]2(C)CCC[C@H](C)[C@H](O)[C@@H](C)C(=O)C(C)(C)[C@@H](O)CC(=O)O1.CCc1nc(/C=C(\C)[C@@H]2C[C@@H]3O[C@]3(C)CCC[C@H](C)[C@H](O)[C@@H](C)C(=O)C(C)(C)[C@@H](O)CC(=O)O2)cs1. The Morgan fingerprint density at radius 2 is 1.11 bits per heavy atom. The lowest BCUT2D eigenvalue weighted by atomic mass is 9.73. The van der Waals surface area contributed by atoms with Crippen molar-refractivity contribution in [2.24, 2.45) is 34.5 Å². The number of esters is 2. The molecule has 0 radical (unpaired) electrons. The van der Waals surface area contributed by atoms with Crippen LogP contribution >= 0.6 is 11.3 Å². The number of aromatic nitrogens is 2. The van der Waals surface area contributed by atoms with Crippen molar-refractivity contribution < 1.29 is 63.0 Å². The second kappa shape index (κ2) is 23.7. The summed E-state index contributed by atoms with van der Waals surface area (Å²) >= 11 is 1.60. The molecule has 0 bridgehead atoms. The van der Waals surface area contributed by atoms with Gasteiger partial charge in [-0.1, -0.05) is 75.2 Å². The number of aliphatic hydroxyl groups excluding tert-OH is 4. The zero-order valence-electron chi connectivity index (χ0n) is 44.8. The minimum atomic E-state index is -1.24. The first-order chi connectivity index (χ1) is 33.0. The highest BCUT2D eigenvalue weighted by Gasteiger charge is 2.54. The van der Waals surface area contributed by atoms with Gasteiger partial charge < -0.3 is 43.8 Å². The van der Waals surface area contributed by atoms with E-state index >= 15 is 0 Å². The van der Waals surface area contributed by atoms with Crippen LogP contribution in [0.5, 0.6) is 0 Å². The van der Waals surface area contributed by atoms with Gasteiger partial charge in [0.2, 0.25) is 0 Å². The second-order valence-corrected chi connectivity index (χ2v) is 23.7. The van der Waals surface area contributed by atoms with Crippen molar-refractivity contribution in [1.82, 2.24) is 9.97 Å². The first kappa shape index (κ1) is 58.3. The molecule has 6 heterocycles. The van der Waals surface area contributed by atoms with Gasteiger partial charge in [-0.15, -0.1) is 11.3 Å². The van der Waals surface area contributed by atoms with Gasteiger partial charge in [-0.2, -0.15) is 0 Å². The highest BCUT2D eigenvalue weighted by molar-refractivity contribution is 7.09. The smallest absolute Gasteiger partial charge is 0.309 e. The number of ether oxygens (including phenoxy) is 4. The van der Waals surface area contributed by atoms with Gasteiger partial charge in [-0.05, 0) is 94.9 Å². The van der Waals surface area contributed by atoms with E-state index in [4.69, 9.17) is 23.4 Å². The van der Waals surface area contributed by atoms with E-state index in [0.717, 1.165) is 66.8 Å². The molecule has 4 aliphatic heterocycles. The molecule has 2 aromatic rings. The van der Waals surface area contributed by atoms with Crippen molar-refractivity contribution in [2.75, 3.05) is 0 Å². The molecule has 4 N–H and O–H groups in total. The van der Waals surface area contributed by atoms with E-state index in [-0.39, 0.29) is 59.7 Å². The molecule has 71 heavy (non-hydrogen) atoms. The molecule has 0 aliphatic carbocycles. The number of fused-ring (bicyclic) bond motifs is 2. The topological polar surface area (TPSA) is 232 Å². The lowest BCUT2D eigenvalue weighted by Crippen LogP contribution is -2.45. The molecule has 4 saturated heterocycles. The molecule has 4 fully saturated rings. The molecule has 398 valence electrons. The summed E-state index contributed by atoms with van der Waals surface area (Å²) in [5.74, 6) is -2.61. The molecular formula is C55H84N2O13S. The summed E-state index contributed by atoms with van der Waals surface area (Å²) < 4.78 is 29.1. The van der Waals surface area contributed by atoms with Crippen LogP contribution in [0.1, 0.15) is 177 Å². The van der Waals surface area contributed by atoms with Gasteiger partial charge in [-0.3, -0.25) is 19.2 Å². The maximum Gasteiger partial charge on any atom is 0.309 e. The van der Waals surface area contributed by atoms with Gasteiger partial charge >= 0.3 is 11.9 Å². The minimum Gasteiger partial charge on any atom is -0.458 e. The Bertz CT molecular complexity index is 2230. The van der Waals surface area contributed by atoms with Crippen molar-refractivity contribution in [3.63, 3.8) is 0 Å². The number of ketones is 2. The number of hydrogen-bond donors (Lipinski definition) is 4. The lowest BCUT2D eigenvalue weighted by Gasteiger charge is -2.34. The van der Waals surface area contributed by atoms with Crippen LogP contribution in [0.4, 0.5) is 0 Å². The molecule has 0 unspecified atom stereocenters. The number of thiazole rings is 1. The summed E-state index contributed by atoms with van der Waals surface area (Å²) in [6.07, 6.45) is 6.10. The maximum absolute atomic E-state index is 13.2. The fourth-order valence-corrected chi connectivity index (χ4v) is 10.9. The predicted molar refractivity (Wildman–Crippen MR) is 271 cm³/mol. The molecule has 14 atom stereocenters. The van der Waals surface area contributed by atoms with Crippen LogP contribution in [-0.4, -0.2) is 114 Å². The molecule has 4 aliphatic rings. The monoisotopic (exact) mass is 1010 g/mol. The lowest BCUT2D eigenvalue weighted by molar-refractivity contribution is -0.156. The number of carbonyl (C=O) groups excluding carboxylic acids is 4. The Hall–Kier alpha value is -3.64. The highest BCUT2D eigenvalue weighted by Crippen LogP contribution is 2.47. The van der Waals surface area contributed by atoms with Gasteiger partial charge in [-0.25, -0.2) is 9.97 Å². The number of carbonyl (C=O) groups is 4. The Morgan fingerprint density at radius 1 is 0.690 bits per heavy atom. The average Bonchev–Trinajstić information content (AvgIpc) is 3.93. The van der Waals surface area contributed by atoms with Crippen LogP contribution in [0.3, 0.4) is 0 Å². The Morgan fingerprint density at radius 3 is 1.49 bits per heavy atom. The van der Waals surface area contributed by atoms with Crippen LogP contribution in [-0.2, 0) is 44.5 Å². The number of aliphatic hydroxyl groups is 4. The third-order valence-electron chi connectivity index (χ3n) is 16.1. The van der Waals surface area contributed by atoms with Crippen LogP contribution in [0.2, 0.25) is 0 Å². The van der Waals surface area contributed by atoms with Crippen molar-refractivity contribution >= 4 is 47.0 Å². The molecule has 15 nitrogen and oxygen atoms in total. The van der Waals surface area contributed by atoms with E-state index in [9.17, 15) is 39.6 Å². The van der Waals surface area contributed by atoms with Gasteiger partial charge in [0.05, 0.1) is 82.2 Å². The average molecular weight is 1010 g/mol. The first-order valence-electron chi connectivity index (χ1n) is 25.8. The largest absolute Gasteiger partial charge is 0.458 e. The Labute approximate surface area is 425 Å². The number of aryl methyl sites for hydroxylation is 2. The fraction of sp³-hybridized carbons (Fsp3) is 0.745. The van der Waals surface area contributed by atoms with Gasteiger partial charge in [0.25, 0.3) is 0 Å². The fourth-order valence-electron chi connectivity index (χ4n) is 10.2. The van der Waals surface area contributed by atoms with Crippen LogP contribution in [0.25, 0.3) is 12.2 Å². The minimum absolute atomic E-state index is 0.0460. The third-order valence-corrected chi connectivity index (χ3v) is 17.1. The molecule has 0 spiro atoms. The normalized spacial score (nSPS) is 37.1. The van der Waals surface area contributed by atoms with Crippen LogP contribution < -0.4 is 0 Å². The van der Waals surface area contributed by atoms with E-state index in [1.807, 2.05) is 45.2 Å². The van der Waals surface area contributed by atoms with E-state index in [0.29, 0.717) is 24.4 Å². The number of cyclic esters (lactones) is 2. The highest BCUT2D eigenvalue weighted by atomic mass is 32.1. The third kappa shape index (κ3) is 14.8. The zero-order chi connectivity index (χ0) is 53.0. The van der Waals surface area contributed by atoms with Crippen molar-refractivity contribution in [1.29, 1.82) is 0 Å². The summed E-state index contributed by atoms with van der Waals surface area (Å²) in [6, 6.07) is 0. The van der Waals surface area contributed by atoms with Crippen molar-refractivity contribution in [3.05, 3.63) is 45.1 Å². The summed E-state index contributed by atoms with van der Waals surface area (Å²) in [6.45, 7) is 25.5. The van der Waals surface area contributed by atoms with E-state index in [2.05, 4.69) is 30.7 Å². The number of rotatable bonds is 5. The van der Waals surface area contributed by atoms with Crippen LogP contribution in [0, 0.1) is 41.4 Å². The quantitative estimate of drug-likeness (QED) is 0.162. The summed E-state index contributed by atoms with van der Waals surface area (Å²) in [4.78, 5) is 61.2. The Kier molecular flexibility index (Phi) is 19.4. The number of oxazole rings is 1. The van der Waals surface area contributed by atoms with Gasteiger partial charge in [0, 0.05) is 37.0 Å². The zero-order valence-corrected chi connectivity index (χ0v) is 45.6. The van der Waals surface area contributed by atoms with Gasteiger partial charge in [0.15, 0.2) is 5.89 Å². The molecule has 6 rings (SSSR count). The van der Waals surface area contributed by atoms with E-state index < -0.39 is 71.2 Å². The molecule has 0 amide bonds. The molecule has 0 saturated carbocycles. The number of nitrogens with zero attached hydrogens (tertiary/aromatic N) is 2. The first-order valence-corrected chi connectivity index (χ1v) is 26.7. The molecule has 0 aromatic carbocycles. The summed E-state index contributed by atoms with van der Waals surface area (Å²) in [5.41, 5.74) is 0.0949. The van der Waals surface area contributed by atoms with Crippen molar-refractivity contribution in [3.8, 4) is 0 Å². The van der Waals surface area contributed by atoms with E-state index in [1.54, 1.807) is 66.1 Å². The molecule has 16 heteroatoms. The van der Waals surface area contributed by atoms with Crippen LogP contribution in [0.15, 0.2) is 27.2 Å². The van der Waals surface area contributed by atoms with Crippen molar-refractivity contribution in [2.45, 2.75) is 228 Å². The standard InChI is InChI=1S/C28H43NO6S.C27H41NO7/c1-8-23-29-19(15-36-23)12-17(3)20-13-22-28(7,35-22)11-9-10-16(2)25(32)18(4)26(33)27(5,6)21(30)14-24(31)34-20;1-15-9-8-10-27(7)22(35-27)12-20(16(2)11-19-14-33-18(4)28-19)34-23(30)13-21(29)26(5,6)25(32)17(3)24(15)31/h12,15-16,18,20-22,25,30,32H,8-11,13-14H2,1-7H3;11,14-15,17,20-22,24,29,31H,8-10,12-13H2,1-7H3/b17-12+;16-11+/t16-,18+,20-,21-,22-,25-,28+;15-,17+,20-,21-,22-,24-,27+/m00/s1.